The van der Waals surface area contributed by atoms with Crippen LogP contribution < -0.4 is 0 Å². The quantitative estimate of drug-likeness (QED) is 0.734. The molecule has 4 nitrogen and oxygen atoms in total. The standard InChI is InChI=1S/C22H22F2N2O2/c23-17-9-16(10-18(24)11-17)15-1-4-19(25-13-15)12-21(27)14-2-5-20(6-3-14)26-8-7-22(26)28/h1,4,9-11,13-14,20H,2-3,5-8,12H2. The number of amides is 1. The van der Waals surface area contributed by atoms with E-state index in [-0.39, 0.29) is 24.0 Å². The molecular formula is C22H22F2N2O2. The highest BCUT2D eigenvalue weighted by molar-refractivity contribution is 5.83. The summed E-state index contributed by atoms with van der Waals surface area (Å²) in [5.74, 6) is -0.844. The van der Waals surface area contributed by atoms with Gasteiger partial charge < -0.3 is 4.90 Å². The summed E-state index contributed by atoms with van der Waals surface area (Å²) < 4.78 is 26.7. The molecule has 1 saturated heterocycles. The van der Waals surface area contributed by atoms with Crippen LogP contribution in [0.1, 0.15) is 37.8 Å². The van der Waals surface area contributed by atoms with Crippen LogP contribution in [0.5, 0.6) is 0 Å². The van der Waals surface area contributed by atoms with Crippen molar-refractivity contribution in [3.8, 4) is 11.1 Å². The molecule has 4 rings (SSSR count). The summed E-state index contributed by atoms with van der Waals surface area (Å²) in [5, 5.41) is 0. The average molecular weight is 384 g/mol. The van der Waals surface area contributed by atoms with Crippen molar-refractivity contribution in [1.29, 1.82) is 0 Å². The van der Waals surface area contributed by atoms with Gasteiger partial charge in [-0.2, -0.15) is 0 Å². The molecular weight excluding hydrogens is 362 g/mol. The van der Waals surface area contributed by atoms with Gasteiger partial charge in [-0.15, -0.1) is 0 Å². The number of hydrogen-bond donors (Lipinski definition) is 0. The van der Waals surface area contributed by atoms with Gasteiger partial charge in [-0.3, -0.25) is 14.6 Å². The first-order valence-electron chi connectivity index (χ1n) is 9.73. The van der Waals surface area contributed by atoms with Gasteiger partial charge in [-0.1, -0.05) is 6.07 Å². The van der Waals surface area contributed by atoms with E-state index < -0.39 is 11.6 Å². The maximum absolute atomic E-state index is 13.4. The molecule has 0 bridgehead atoms. The van der Waals surface area contributed by atoms with E-state index in [1.54, 1.807) is 18.3 Å². The van der Waals surface area contributed by atoms with Gasteiger partial charge in [0, 0.05) is 54.9 Å². The van der Waals surface area contributed by atoms with E-state index in [4.69, 9.17) is 0 Å². The van der Waals surface area contributed by atoms with Crippen molar-refractivity contribution in [3.05, 3.63) is 53.9 Å². The van der Waals surface area contributed by atoms with Gasteiger partial charge in [0.25, 0.3) is 0 Å². The third kappa shape index (κ3) is 3.96. The highest BCUT2D eigenvalue weighted by atomic mass is 19.1. The number of nitrogens with zero attached hydrogens (tertiary/aromatic N) is 2. The molecule has 146 valence electrons. The first-order valence-corrected chi connectivity index (χ1v) is 9.73. The zero-order chi connectivity index (χ0) is 19.7. The summed E-state index contributed by atoms with van der Waals surface area (Å²) in [6.45, 7) is 0.855. The molecule has 1 aliphatic carbocycles. The fraction of sp³-hybridized carbons (Fsp3) is 0.409. The molecule has 0 spiro atoms. The number of Topliss-reactive ketones (excluding diaryl/α,β-unsaturated/α-hetero) is 1. The molecule has 1 amide bonds. The zero-order valence-electron chi connectivity index (χ0n) is 15.5. The second-order valence-electron chi connectivity index (χ2n) is 7.68. The van der Waals surface area contributed by atoms with Gasteiger partial charge in [0.05, 0.1) is 0 Å². The number of likely N-dealkylation sites (tertiary alicyclic amines) is 1. The predicted molar refractivity (Wildman–Crippen MR) is 100 cm³/mol. The summed E-state index contributed by atoms with van der Waals surface area (Å²) in [6, 6.07) is 7.11. The number of ketones is 1. The van der Waals surface area contributed by atoms with Crippen LogP contribution in [-0.4, -0.2) is 34.2 Å². The Labute approximate surface area is 162 Å². The predicted octanol–water partition coefficient (Wildman–Crippen LogP) is 3.93. The lowest BCUT2D eigenvalue weighted by Gasteiger charge is -2.41. The molecule has 2 aromatic rings. The van der Waals surface area contributed by atoms with Crippen molar-refractivity contribution in [2.75, 3.05) is 6.54 Å². The molecule has 1 aliphatic heterocycles. The summed E-state index contributed by atoms with van der Waals surface area (Å²) in [5.41, 5.74) is 1.68. The van der Waals surface area contributed by atoms with Crippen LogP contribution in [0, 0.1) is 17.6 Å². The third-order valence-electron chi connectivity index (χ3n) is 5.86. The summed E-state index contributed by atoms with van der Waals surface area (Å²) in [7, 11) is 0. The van der Waals surface area contributed by atoms with Crippen molar-refractivity contribution in [2.24, 2.45) is 5.92 Å². The average Bonchev–Trinajstić information content (AvgIpc) is 2.67. The molecule has 0 N–H and O–H groups in total. The van der Waals surface area contributed by atoms with E-state index in [0.29, 0.717) is 29.3 Å². The number of carbonyl (C=O) groups is 2. The van der Waals surface area contributed by atoms with E-state index in [1.165, 1.54) is 12.1 Å². The number of benzene rings is 1. The molecule has 1 aromatic heterocycles. The van der Waals surface area contributed by atoms with Crippen LogP contribution in [-0.2, 0) is 16.0 Å². The van der Waals surface area contributed by atoms with Gasteiger partial charge in [0.1, 0.15) is 17.4 Å². The minimum absolute atomic E-state index is 0.0198. The normalized spacial score (nSPS) is 22.1. The Bertz CT molecular complexity index is 870. The number of carbonyl (C=O) groups excluding carboxylic acids is 2. The summed E-state index contributed by atoms with van der Waals surface area (Å²) in [6.07, 6.45) is 5.86. The van der Waals surface area contributed by atoms with Gasteiger partial charge in [0.2, 0.25) is 5.91 Å². The molecule has 2 heterocycles. The van der Waals surface area contributed by atoms with E-state index >= 15 is 0 Å². The molecule has 2 aliphatic rings. The number of β-lactam (4-membered cyclic amide) rings is 1. The molecule has 1 saturated carbocycles. The van der Waals surface area contributed by atoms with Gasteiger partial charge in [-0.25, -0.2) is 8.78 Å². The molecule has 28 heavy (non-hydrogen) atoms. The number of hydrogen-bond acceptors (Lipinski definition) is 3. The maximum Gasteiger partial charge on any atom is 0.224 e. The van der Waals surface area contributed by atoms with E-state index in [9.17, 15) is 18.4 Å². The second-order valence-corrected chi connectivity index (χ2v) is 7.68. The van der Waals surface area contributed by atoms with E-state index in [2.05, 4.69) is 4.98 Å². The van der Waals surface area contributed by atoms with Crippen molar-refractivity contribution < 1.29 is 18.4 Å². The lowest BCUT2D eigenvalue weighted by atomic mass is 9.81. The minimum atomic E-state index is -0.634. The molecule has 0 radical (unpaired) electrons. The molecule has 1 aromatic carbocycles. The second kappa shape index (κ2) is 7.78. The Balaban J connectivity index is 1.34. The number of rotatable bonds is 5. The monoisotopic (exact) mass is 384 g/mol. The van der Waals surface area contributed by atoms with Gasteiger partial charge in [0.15, 0.2) is 0 Å². The highest BCUT2D eigenvalue weighted by Crippen LogP contribution is 2.31. The van der Waals surface area contributed by atoms with Crippen LogP contribution in [0.4, 0.5) is 8.78 Å². The Hall–Kier alpha value is -2.63. The van der Waals surface area contributed by atoms with Crippen molar-refractivity contribution in [3.63, 3.8) is 0 Å². The fourth-order valence-electron chi connectivity index (χ4n) is 4.17. The molecule has 0 atom stereocenters. The number of aromatic nitrogens is 1. The Morgan fingerprint density at radius 3 is 2.29 bits per heavy atom. The zero-order valence-corrected chi connectivity index (χ0v) is 15.5. The van der Waals surface area contributed by atoms with Crippen molar-refractivity contribution in [2.45, 2.75) is 44.6 Å². The Kier molecular flexibility index (Phi) is 5.20. The summed E-state index contributed by atoms with van der Waals surface area (Å²) >= 11 is 0. The fourth-order valence-corrected chi connectivity index (χ4v) is 4.17. The van der Waals surface area contributed by atoms with Gasteiger partial charge in [-0.05, 0) is 49.4 Å². The first-order chi connectivity index (χ1) is 13.5. The van der Waals surface area contributed by atoms with Crippen LogP contribution in [0.25, 0.3) is 11.1 Å². The van der Waals surface area contributed by atoms with Crippen LogP contribution in [0.3, 0.4) is 0 Å². The third-order valence-corrected chi connectivity index (χ3v) is 5.86. The molecule has 0 unspecified atom stereocenters. The maximum atomic E-state index is 13.4. The Morgan fingerprint density at radius 2 is 1.75 bits per heavy atom. The lowest BCUT2D eigenvalue weighted by Crippen LogP contribution is -2.51. The van der Waals surface area contributed by atoms with Crippen LogP contribution in [0.15, 0.2) is 36.5 Å². The van der Waals surface area contributed by atoms with Crippen molar-refractivity contribution in [1.82, 2.24) is 9.88 Å². The number of halogens is 2. The topological polar surface area (TPSA) is 50.3 Å². The molecule has 2 fully saturated rings. The Morgan fingerprint density at radius 1 is 1.04 bits per heavy atom. The van der Waals surface area contributed by atoms with E-state index in [0.717, 1.165) is 38.3 Å². The SMILES string of the molecule is O=C(Cc1ccc(-c2cc(F)cc(F)c2)cn1)C1CCC(N2CCC2=O)CC1. The minimum Gasteiger partial charge on any atom is -0.339 e. The van der Waals surface area contributed by atoms with Crippen LogP contribution >= 0.6 is 0 Å². The smallest absolute Gasteiger partial charge is 0.224 e. The summed E-state index contributed by atoms with van der Waals surface area (Å²) in [4.78, 5) is 30.4. The lowest BCUT2D eigenvalue weighted by molar-refractivity contribution is -0.144. The van der Waals surface area contributed by atoms with E-state index in [1.807, 2.05) is 4.90 Å². The van der Waals surface area contributed by atoms with Crippen molar-refractivity contribution >= 4 is 11.7 Å². The van der Waals surface area contributed by atoms with Crippen LogP contribution in [0.2, 0.25) is 0 Å². The highest BCUT2D eigenvalue weighted by Gasteiger charge is 2.35. The first kappa shape index (κ1) is 18.7. The largest absolute Gasteiger partial charge is 0.339 e. The molecule has 6 heteroatoms. The number of pyridine rings is 1. The van der Waals surface area contributed by atoms with Gasteiger partial charge >= 0.3 is 0 Å².